The second kappa shape index (κ2) is 5.95. The molecular weight excluding hydrogens is 192 g/mol. The maximum Gasteiger partial charge on any atom is 0.410 e. The fourth-order valence-electron chi connectivity index (χ4n) is 1.96. The van der Waals surface area contributed by atoms with Gasteiger partial charge in [-0.15, -0.1) is 0 Å². The van der Waals surface area contributed by atoms with E-state index in [9.17, 15) is 4.79 Å². The molecule has 1 aliphatic rings. The fourth-order valence-corrected chi connectivity index (χ4v) is 1.96. The van der Waals surface area contributed by atoms with Crippen LogP contribution in [0.3, 0.4) is 0 Å². The zero-order valence-corrected chi connectivity index (χ0v) is 9.74. The van der Waals surface area contributed by atoms with Gasteiger partial charge in [0.2, 0.25) is 0 Å². The number of carbonyl (C=O) groups is 1. The lowest BCUT2D eigenvalue weighted by Gasteiger charge is -2.30. The number of hydrogen-bond donors (Lipinski definition) is 1. The first-order chi connectivity index (χ1) is 7.19. The summed E-state index contributed by atoms with van der Waals surface area (Å²) in [5, 5.41) is 0. The van der Waals surface area contributed by atoms with Crippen LogP contribution in [0.2, 0.25) is 0 Å². The molecule has 0 spiro atoms. The van der Waals surface area contributed by atoms with Crippen LogP contribution in [-0.4, -0.2) is 36.2 Å². The van der Waals surface area contributed by atoms with Gasteiger partial charge in [0.15, 0.2) is 0 Å². The second-order valence-electron chi connectivity index (χ2n) is 4.04. The second-order valence-corrected chi connectivity index (χ2v) is 4.04. The molecule has 1 aliphatic carbocycles. The average Bonchev–Trinajstić information content (AvgIpc) is 2.23. The molecule has 88 valence electrons. The molecule has 0 aliphatic heterocycles. The monoisotopic (exact) mass is 214 g/mol. The molecule has 1 amide bonds. The van der Waals surface area contributed by atoms with Crippen molar-refractivity contribution in [3.63, 3.8) is 0 Å². The summed E-state index contributed by atoms with van der Waals surface area (Å²) >= 11 is 0. The molecule has 0 radical (unpaired) electrons. The highest BCUT2D eigenvalue weighted by atomic mass is 16.6. The summed E-state index contributed by atoms with van der Waals surface area (Å²) in [5.41, 5.74) is 5.91. The topological polar surface area (TPSA) is 55.6 Å². The van der Waals surface area contributed by atoms with Crippen molar-refractivity contribution in [3.8, 4) is 0 Å². The molecule has 15 heavy (non-hydrogen) atoms. The van der Waals surface area contributed by atoms with E-state index >= 15 is 0 Å². The summed E-state index contributed by atoms with van der Waals surface area (Å²) in [5.74, 6) is 0. The molecule has 0 aromatic carbocycles. The zero-order valence-electron chi connectivity index (χ0n) is 9.74. The minimum Gasteiger partial charge on any atom is -0.444 e. The maximum absolute atomic E-state index is 11.7. The molecule has 0 aromatic rings. The van der Waals surface area contributed by atoms with Crippen molar-refractivity contribution >= 4 is 6.09 Å². The van der Waals surface area contributed by atoms with Crippen molar-refractivity contribution in [1.82, 2.24) is 4.90 Å². The number of hydrogen-bond acceptors (Lipinski definition) is 3. The molecule has 0 bridgehead atoms. The van der Waals surface area contributed by atoms with Crippen LogP contribution < -0.4 is 5.73 Å². The van der Waals surface area contributed by atoms with Crippen molar-refractivity contribution in [2.45, 2.75) is 51.7 Å². The summed E-state index contributed by atoms with van der Waals surface area (Å²) in [4.78, 5) is 13.3. The summed E-state index contributed by atoms with van der Waals surface area (Å²) in [6.45, 7) is 5.28. The Morgan fingerprint density at radius 2 is 1.93 bits per heavy atom. The van der Waals surface area contributed by atoms with Gasteiger partial charge in [0.1, 0.15) is 6.10 Å². The number of ether oxygens (including phenoxy) is 1. The van der Waals surface area contributed by atoms with Gasteiger partial charge in [-0.2, -0.15) is 0 Å². The van der Waals surface area contributed by atoms with Crippen molar-refractivity contribution < 1.29 is 9.53 Å². The highest BCUT2D eigenvalue weighted by Crippen LogP contribution is 2.20. The minimum absolute atomic E-state index is 0.0262. The van der Waals surface area contributed by atoms with Crippen LogP contribution >= 0.6 is 0 Å². The predicted molar refractivity (Wildman–Crippen MR) is 59.6 cm³/mol. The average molecular weight is 214 g/mol. The number of carbonyl (C=O) groups excluding carboxylic acids is 1. The van der Waals surface area contributed by atoms with E-state index in [1.54, 1.807) is 4.90 Å². The van der Waals surface area contributed by atoms with Crippen LogP contribution in [0.25, 0.3) is 0 Å². The normalized spacial score (nSPS) is 26.1. The summed E-state index contributed by atoms with van der Waals surface area (Å²) in [6.07, 6.45) is 3.85. The van der Waals surface area contributed by atoms with E-state index in [4.69, 9.17) is 10.5 Å². The fraction of sp³-hybridized carbons (Fsp3) is 0.909. The van der Waals surface area contributed by atoms with Gasteiger partial charge in [0.25, 0.3) is 0 Å². The third-order valence-corrected chi connectivity index (χ3v) is 3.03. The number of nitrogens with two attached hydrogens (primary N) is 1. The van der Waals surface area contributed by atoms with E-state index in [2.05, 4.69) is 0 Å². The standard InChI is InChI=1S/C11H22N2O2/c1-3-13(4-2)11(14)15-10-8-6-5-7-9(10)12/h9-10H,3-8,12H2,1-2H3. The van der Waals surface area contributed by atoms with E-state index in [1.165, 1.54) is 0 Å². The Hall–Kier alpha value is -0.770. The Balaban J connectivity index is 2.41. The molecule has 0 aromatic heterocycles. The molecule has 1 fully saturated rings. The third-order valence-electron chi connectivity index (χ3n) is 3.03. The van der Waals surface area contributed by atoms with Gasteiger partial charge < -0.3 is 15.4 Å². The van der Waals surface area contributed by atoms with Crippen LogP contribution in [0, 0.1) is 0 Å². The van der Waals surface area contributed by atoms with E-state index in [0.29, 0.717) is 13.1 Å². The van der Waals surface area contributed by atoms with Gasteiger partial charge in [-0.1, -0.05) is 6.42 Å². The lowest BCUT2D eigenvalue weighted by atomic mass is 9.93. The molecule has 0 saturated heterocycles. The zero-order chi connectivity index (χ0) is 11.3. The van der Waals surface area contributed by atoms with Crippen molar-refractivity contribution in [2.75, 3.05) is 13.1 Å². The molecular formula is C11H22N2O2. The van der Waals surface area contributed by atoms with Gasteiger partial charge in [0, 0.05) is 19.1 Å². The number of rotatable bonds is 3. The molecule has 4 heteroatoms. The highest BCUT2D eigenvalue weighted by Gasteiger charge is 2.26. The Kier molecular flexibility index (Phi) is 4.88. The largest absolute Gasteiger partial charge is 0.444 e. The van der Waals surface area contributed by atoms with Gasteiger partial charge in [-0.25, -0.2) is 4.79 Å². The number of amides is 1. The first kappa shape index (κ1) is 12.3. The first-order valence-electron chi connectivity index (χ1n) is 5.90. The Morgan fingerprint density at radius 3 is 2.47 bits per heavy atom. The smallest absolute Gasteiger partial charge is 0.410 e. The molecule has 2 unspecified atom stereocenters. The van der Waals surface area contributed by atoms with Crippen LogP contribution in [-0.2, 0) is 4.74 Å². The van der Waals surface area contributed by atoms with Crippen LogP contribution in [0.1, 0.15) is 39.5 Å². The summed E-state index contributed by atoms with van der Waals surface area (Å²) < 4.78 is 5.41. The third kappa shape index (κ3) is 3.38. The first-order valence-corrected chi connectivity index (χ1v) is 5.90. The Bertz CT molecular complexity index is 205. The maximum atomic E-state index is 11.7. The molecule has 0 heterocycles. The Morgan fingerprint density at radius 1 is 1.33 bits per heavy atom. The van der Waals surface area contributed by atoms with E-state index in [-0.39, 0.29) is 18.2 Å². The summed E-state index contributed by atoms with van der Waals surface area (Å²) in [7, 11) is 0. The molecule has 2 N–H and O–H groups in total. The lowest BCUT2D eigenvalue weighted by molar-refractivity contribution is 0.0379. The van der Waals surface area contributed by atoms with E-state index < -0.39 is 0 Å². The quantitative estimate of drug-likeness (QED) is 0.778. The molecule has 1 rings (SSSR count). The molecule has 4 nitrogen and oxygen atoms in total. The molecule has 2 atom stereocenters. The minimum atomic E-state index is -0.220. The van der Waals surface area contributed by atoms with Crippen LogP contribution in [0.5, 0.6) is 0 Å². The number of nitrogens with zero attached hydrogens (tertiary/aromatic N) is 1. The van der Waals surface area contributed by atoms with Gasteiger partial charge >= 0.3 is 6.09 Å². The van der Waals surface area contributed by atoms with Crippen molar-refractivity contribution in [2.24, 2.45) is 5.73 Å². The van der Waals surface area contributed by atoms with Crippen molar-refractivity contribution in [1.29, 1.82) is 0 Å². The SMILES string of the molecule is CCN(CC)C(=O)OC1CCCCC1N. The van der Waals surface area contributed by atoms with Crippen LogP contribution in [0.4, 0.5) is 4.79 Å². The van der Waals surface area contributed by atoms with Gasteiger partial charge in [0.05, 0.1) is 0 Å². The van der Waals surface area contributed by atoms with E-state index in [0.717, 1.165) is 25.7 Å². The lowest BCUT2D eigenvalue weighted by Crippen LogP contribution is -2.43. The summed E-state index contributed by atoms with van der Waals surface area (Å²) in [6, 6.07) is 0.0262. The van der Waals surface area contributed by atoms with Crippen molar-refractivity contribution in [3.05, 3.63) is 0 Å². The van der Waals surface area contributed by atoms with Gasteiger partial charge in [-0.05, 0) is 33.1 Å². The van der Waals surface area contributed by atoms with Gasteiger partial charge in [-0.3, -0.25) is 0 Å². The molecule has 1 saturated carbocycles. The van der Waals surface area contributed by atoms with Crippen LogP contribution in [0.15, 0.2) is 0 Å². The Labute approximate surface area is 91.8 Å². The van der Waals surface area contributed by atoms with E-state index in [1.807, 2.05) is 13.8 Å². The highest BCUT2D eigenvalue weighted by molar-refractivity contribution is 5.67. The predicted octanol–water partition coefficient (Wildman–Crippen LogP) is 1.73.